The molecule has 1 rings (SSSR count). The van der Waals surface area contributed by atoms with Crippen LogP contribution >= 0.6 is 0 Å². The molecular weight excluding hydrogens is 338 g/mol. The molecule has 0 aliphatic carbocycles. The van der Waals surface area contributed by atoms with E-state index >= 15 is 0 Å². The van der Waals surface area contributed by atoms with E-state index < -0.39 is 0 Å². The zero-order valence-corrected chi connectivity index (χ0v) is 18.4. The van der Waals surface area contributed by atoms with E-state index in [0.29, 0.717) is 25.0 Å². The van der Waals surface area contributed by atoms with E-state index in [0.717, 1.165) is 57.9 Å². The maximum Gasteiger partial charge on any atom is 0.224 e. The van der Waals surface area contributed by atoms with Crippen LogP contribution in [-0.4, -0.2) is 73.0 Å². The Hall–Kier alpha value is -1.30. The van der Waals surface area contributed by atoms with Crippen molar-refractivity contribution >= 4 is 11.9 Å². The van der Waals surface area contributed by atoms with Gasteiger partial charge in [0.25, 0.3) is 0 Å². The number of amides is 1. The summed E-state index contributed by atoms with van der Waals surface area (Å²) in [7, 11) is 0. The van der Waals surface area contributed by atoms with Crippen LogP contribution in [0.25, 0.3) is 0 Å². The number of hydrogen-bond donors (Lipinski definition) is 2. The van der Waals surface area contributed by atoms with Crippen LogP contribution in [0.3, 0.4) is 0 Å². The van der Waals surface area contributed by atoms with Gasteiger partial charge in [-0.2, -0.15) is 0 Å². The third-order valence-electron chi connectivity index (χ3n) is 5.45. The lowest BCUT2D eigenvalue weighted by Crippen LogP contribution is -2.43. The molecule has 1 amide bonds. The first-order valence-corrected chi connectivity index (χ1v) is 11.1. The fourth-order valence-electron chi connectivity index (χ4n) is 3.66. The Balaban J connectivity index is 2.38. The van der Waals surface area contributed by atoms with Gasteiger partial charge in [-0.3, -0.25) is 9.79 Å². The Kier molecular flexibility index (Phi) is 12.1. The van der Waals surface area contributed by atoms with Crippen LogP contribution in [0.4, 0.5) is 0 Å². The van der Waals surface area contributed by atoms with E-state index in [4.69, 9.17) is 0 Å². The maximum atomic E-state index is 12.4. The minimum absolute atomic E-state index is 0.245. The van der Waals surface area contributed by atoms with Gasteiger partial charge in [0.1, 0.15) is 0 Å². The average Bonchev–Trinajstić information content (AvgIpc) is 2.65. The minimum Gasteiger partial charge on any atom is -0.357 e. The fourth-order valence-corrected chi connectivity index (χ4v) is 3.66. The molecule has 2 unspecified atom stereocenters. The summed E-state index contributed by atoms with van der Waals surface area (Å²) < 4.78 is 0. The molecule has 0 radical (unpaired) electrons. The van der Waals surface area contributed by atoms with Gasteiger partial charge in [0.05, 0.1) is 6.54 Å². The van der Waals surface area contributed by atoms with Crippen molar-refractivity contribution in [3.63, 3.8) is 0 Å². The molecule has 1 fully saturated rings. The summed E-state index contributed by atoms with van der Waals surface area (Å²) >= 11 is 0. The maximum absolute atomic E-state index is 12.4. The molecule has 0 aromatic rings. The summed E-state index contributed by atoms with van der Waals surface area (Å²) in [6.07, 6.45) is 6.30. The van der Waals surface area contributed by atoms with Gasteiger partial charge in [0.15, 0.2) is 5.96 Å². The molecule has 0 spiro atoms. The second kappa shape index (κ2) is 13.8. The van der Waals surface area contributed by atoms with E-state index in [2.05, 4.69) is 55.1 Å². The van der Waals surface area contributed by atoms with Crippen LogP contribution in [0.15, 0.2) is 4.99 Å². The third-order valence-corrected chi connectivity index (χ3v) is 5.45. The molecule has 27 heavy (non-hydrogen) atoms. The number of hydrogen-bond acceptors (Lipinski definition) is 3. The zero-order chi connectivity index (χ0) is 20.1. The molecule has 158 valence electrons. The van der Waals surface area contributed by atoms with Crippen molar-refractivity contribution in [1.29, 1.82) is 0 Å². The quantitative estimate of drug-likeness (QED) is 0.427. The Bertz CT molecular complexity index is 436. The van der Waals surface area contributed by atoms with Crippen LogP contribution in [0, 0.1) is 0 Å². The fraction of sp³-hybridized carbons (Fsp3) is 0.905. The summed E-state index contributed by atoms with van der Waals surface area (Å²) in [4.78, 5) is 21.6. The first-order chi connectivity index (χ1) is 13.0. The number of piperidine rings is 1. The molecule has 2 atom stereocenters. The van der Waals surface area contributed by atoms with Gasteiger partial charge in [-0.15, -0.1) is 0 Å². The molecule has 6 heteroatoms. The summed E-state index contributed by atoms with van der Waals surface area (Å²) in [5, 5.41) is 6.79. The number of rotatable bonds is 11. The van der Waals surface area contributed by atoms with E-state index in [-0.39, 0.29) is 5.91 Å². The van der Waals surface area contributed by atoms with Gasteiger partial charge in [-0.25, -0.2) is 0 Å². The Labute approximate surface area is 167 Å². The molecule has 1 aliphatic heterocycles. The molecule has 0 aromatic carbocycles. The Morgan fingerprint density at radius 3 is 2.63 bits per heavy atom. The molecule has 2 N–H and O–H groups in total. The van der Waals surface area contributed by atoms with Gasteiger partial charge in [0.2, 0.25) is 5.91 Å². The van der Waals surface area contributed by atoms with E-state index in [9.17, 15) is 4.79 Å². The van der Waals surface area contributed by atoms with Gasteiger partial charge in [-0.05, 0) is 72.5 Å². The topological polar surface area (TPSA) is 60.0 Å². The molecule has 1 heterocycles. The van der Waals surface area contributed by atoms with Gasteiger partial charge >= 0.3 is 0 Å². The number of carbonyl (C=O) groups is 1. The molecule has 0 saturated carbocycles. The lowest BCUT2D eigenvalue weighted by molar-refractivity contribution is -0.134. The second-order valence-corrected chi connectivity index (χ2v) is 7.66. The van der Waals surface area contributed by atoms with Crippen molar-refractivity contribution in [2.24, 2.45) is 4.99 Å². The summed E-state index contributed by atoms with van der Waals surface area (Å²) in [5.74, 6) is 1.07. The number of nitrogens with zero attached hydrogens (tertiary/aromatic N) is 3. The minimum atomic E-state index is 0.245. The first kappa shape index (κ1) is 23.7. The predicted molar refractivity (Wildman–Crippen MR) is 115 cm³/mol. The molecule has 0 bridgehead atoms. The number of likely N-dealkylation sites (tertiary alicyclic amines) is 1. The van der Waals surface area contributed by atoms with Crippen LogP contribution in [0.1, 0.15) is 73.1 Å². The third kappa shape index (κ3) is 9.45. The van der Waals surface area contributed by atoms with Crippen molar-refractivity contribution in [3.8, 4) is 0 Å². The number of nitrogens with one attached hydrogen (secondary N) is 2. The highest BCUT2D eigenvalue weighted by molar-refractivity contribution is 5.81. The highest BCUT2D eigenvalue weighted by atomic mass is 16.2. The van der Waals surface area contributed by atoms with Crippen molar-refractivity contribution in [2.45, 2.75) is 85.2 Å². The zero-order valence-electron chi connectivity index (χ0n) is 18.4. The van der Waals surface area contributed by atoms with Gasteiger partial charge < -0.3 is 20.4 Å². The van der Waals surface area contributed by atoms with Gasteiger partial charge in [-0.1, -0.05) is 13.8 Å². The van der Waals surface area contributed by atoms with Crippen molar-refractivity contribution < 1.29 is 4.79 Å². The summed E-state index contributed by atoms with van der Waals surface area (Å²) in [5.41, 5.74) is 0. The standard InChI is InChI=1S/C21H43N5O/c1-6-22-21(24-18(4)12-11-16-25(7-2)8-3)23-15-14-20(27)26-17-10-9-13-19(26)5/h18-19H,6-17H2,1-5H3,(H2,22,23,24). The smallest absolute Gasteiger partial charge is 0.224 e. The van der Waals surface area contributed by atoms with Crippen molar-refractivity contribution in [1.82, 2.24) is 20.4 Å². The molecule has 6 nitrogen and oxygen atoms in total. The lowest BCUT2D eigenvalue weighted by atomic mass is 10.0. The molecule has 0 aromatic heterocycles. The largest absolute Gasteiger partial charge is 0.357 e. The predicted octanol–water partition coefficient (Wildman–Crippen LogP) is 2.84. The van der Waals surface area contributed by atoms with Gasteiger partial charge in [0, 0.05) is 31.6 Å². The van der Waals surface area contributed by atoms with Crippen LogP contribution in [0.5, 0.6) is 0 Å². The molecule has 1 aliphatic rings. The second-order valence-electron chi connectivity index (χ2n) is 7.66. The van der Waals surface area contributed by atoms with Crippen LogP contribution < -0.4 is 10.6 Å². The average molecular weight is 382 g/mol. The van der Waals surface area contributed by atoms with Crippen LogP contribution in [-0.2, 0) is 4.79 Å². The normalized spacial score (nSPS) is 19.3. The highest BCUT2D eigenvalue weighted by Crippen LogP contribution is 2.17. The summed E-state index contributed by atoms with van der Waals surface area (Å²) in [6.45, 7) is 16.5. The highest BCUT2D eigenvalue weighted by Gasteiger charge is 2.22. The summed E-state index contributed by atoms with van der Waals surface area (Å²) in [6, 6.07) is 0.753. The molecular formula is C21H43N5O. The van der Waals surface area contributed by atoms with Crippen molar-refractivity contribution in [3.05, 3.63) is 0 Å². The van der Waals surface area contributed by atoms with E-state index in [1.807, 2.05) is 4.90 Å². The molecule has 1 saturated heterocycles. The van der Waals surface area contributed by atoms with Crippen molar-refractivity contribution in [2.75, 3.05) is 39.3 Å². The number of aliphatic imine (C=N–C) groups is 1. The SMILES string of the molecule is CCNC(=NCCC(=O)N1CCCCC1C)NC(C)CCCN(CC)CC. The lowest BCUT2D eigenvalue weighted by Gasteiger charge is -2.33. The van der Waals surface area contributed by atoms with Crippen LogP contribution in [0.2, 0.25) is 0 Å². The van der Waals surface area contributed by atoms with E-state index in [1.165, 1.54) is 12.8 Å². The monoisotopic (exact) mass is 381 g/mol. The number of carbonyl (C=O) groups excluding carboxylic acids is 1. The first-order valence-electron chi connectivity index (χ1n) is 11.1. The Morgan fingerprint density at radius 1 is 1.26 bits per heavy atom. The Morgan fingerprint density at radius 2 is 2.00 bits per heavy atom. The van der Waals surface area contributed by atoms with E-state index in [1.54, 1.807) is 0 Å². The number of guanidine groups is 1.